The van der Waals surface area contributed by atoms with E-state index in [1.54, 1.807) is 24.3 Å². The molecule has 14 nitrogen and oxygen atoms in total. The number of unbranched alkanes of at least 4 members (excludes halogenated alkanes) is 38. The molecule has 0 aliphatic heterocycles. The summed E-state index contributed by atoms with van der Waals surface area (Å²) in [5.41, 5.74) is 0.0830. The molecule has 17 heteroatoms. The summed E-state index contributed by atoms with van der Waals surface area (Å²) in [5.74, 6) is -2.99. The summed E-state index contributed by atoms with van der Waals surface area (Å²) < 4.78 is 86.5. The quantitative estimate of drug-likeness (QED) is 0.0198. The third kappa shape index (κ3) is 44.5. The fourth-order valence-electron chi connectivity index (χ4n) is 9.59. The maximum absolute atomic E-state index is 12.5. The summed E-state index contributed by atoms with van der Waals surface area (Å²) in [6.07, 6.45) is 52.1. The molecule has 0 saturated heterocycles. The number of esters is 4. The Labute approximate surface area is 534 Å². The molecule has 0 N–H and O–H groups in total. The molecule has 2 aromatic carbocycles. The van der Waals surface area contributed by atoms with Gasteiger partial charge in [-0.25, -0.2) is 36.0 Å². The van der Waals surface area contributed by atoms with Gasteiger partial charge in [0.05, 0.1) is 46.0 Å². The number of rotatable bonds is 52. The fraction of sp³-hybridized carbons (Fsp3) is 0.758. The topological polar surface area (TPSA) is 220 Å². The second kappa shape index (κ2) is 53.6. The number of benzene rings is 2. The summed E-state index contributed by atoms with van der Waals surface area (Å²) in [6, 6.07) is 12.1. The average molecular weight is 1230 g/mol. The van der Waals surface area contributed by atoms with Crippen LogP contribution in [-0.4, -0.2) is 124 Å². The molecule has 0 spiro atoms. The molecule has 0 aromatic heterocycles. The third-order valence-corrected chi connectivity index (χ3v) is 17.3. The van der Waals surface area contributed by atoms with Gasteiger partial charge in [0.1, 0.15) is 33.5 Å². The van der Waals surface area contributed by atoms with Gasteiger partial charge in [-0.3, -0.25) is 0 Å². The van der Waals surface area contributed by atoms with Crippen LogP contribution in [0.1, 0.15) is 326 Å². The van der Waals surface area contributed by atoms with Crippen LogP contribution in [0.5, 0.6) is 0 Å². The predicted octanol–water partition coefficient (Wildman–Crippen LogP) is 17.1. The molecule has 0 aliphatic rings. The van der Waals surface area contributed by atoms with Crippen LogP contribution in [0, 0.1) is 0 Å². The van der Waals surface area contributed by atoms with Crippen LogP contribution in [0.2, 0.25) is 0 Å². The van der Waals surface area contributed by atoms with Crippen LogP contribution >= 0.6 is 0 Å². The molecule has 472 valence electrons. The Kier molecular flexibility index (Phi) is 51.9. The Hall–Kier alpha value is -2.60. The van der Waals surface area contributed by atoms with Crippen molar-refractivity contribution >= 4 is 81.9 Å². The predicted molar refractivity (Wildman–Crippen MR) is 334 cm³/mol. The van der Waals surface area contributed by atoms with Gasteiger partial charge in [0.2, 0.25) is 0 Å². The van der Waals surface area contributed by atoms with E-state index in [1.807, 2.05) is 0 Å². The van der Waals surface area contributed by atoms with Crippen LogP contribution in [0.3, 0.4) is 0 Å². The van der Waals surface area contributed by atoms with Crippen molar-refractivity contribution in [3.8, 4) is 0 Å². The Morgan fingerprint density at radius 3 is 0.675 bits per heavy atom. The Balaban J connectivity index is 0.00000160. The van der Waals surface area contributed by atoms with Gasteiger partial charge < -0.3 is 28.1 Å². The summed E-state index contributed by atoms with van der Waals surface area (Å²) in [4.78, 5) is 49.7. The molecule has 2 aromatic rings. The molecule has 83 heavy (non-hydrogen) atoms. The molecule has 0 radical (unpaired) electrons. The first-order chi connectivity index (χ1) is 39.5. The minimum absolute atomic E-state index is 0. The van der Waals surface area contributed by atoms with Crippen molar-refractivity contribution < 1.29 is 64.1 Å². The van der Waals surface area contributed by atoms with Crippen LogP contribution in [-0.2, 0) is 39.2 Å². The van der Waals surface area contributed by atoms with Crippen molar-refractivity contribution in [3.05, 3.63) is 70.8 Å². The number of hydrogen-bond donors (Lipinski definition) is 0. The van der Waals surface area contributed by atoms with Gasteiger partial charge in [0, 0.05) is 0 Å². The molecular weight excluding hydrogens is 1120 g/mol. The van der Waals surface area contributed by atoms with E-state index in [0.717, 1.165) is 52.4 Å². The van der Waals surface area contributed by atoms with Gasteiger partial charge in [-0.2, -0.15) is 0 Å². The van der Waals surface area contributed by atoms with E-state index in [-0.39, 0.29) is 73.2 Å². The first-order valence-electron chi connectivity index (χ1n) is 32.3. The Morgan fingerprint density at radius 2 is 0.494 bits per heavy atom. The standard InChI is InChI=1S/2C33H56O7S.Ca/c2*1-3-4-5-6-7-8-9-10-11-12-13-14-15-16-17-18-19-20-21-24-27-39-32(34)30-25-22-23-26-31(30)33(35)40-28-29(2)41(36,37)38;/h2*22-23,25-26,29H,3-21,24,27-28H2,1-2H3,(H,36,37,38);/q;;+2/p-2. The zero-order chi connectivity index (χ0) is 60.4. The van der Waals surface area contributed by atoms with Crippen molar-refractivity contribution in [2.24, 2.45) is 0 Å². The molecule has 0 saturated carbocycles. The molecule has 0 aliphatic carbocycles. The van der Waals surface area contributed by atoms with Crippen molar-refractivity contribution in [1.82, 2.24) is 0 Å². The van der Waals surface area contributed by atoms with Crippen LogP contribution < -0.4 is 0 Å². The van der Waals surface area contributed by atoms with Crippen molar-refractivity contribution in [2.75, 3.05) is 26.4 Å². The summed E-state index contributed by atoms with van der Waals surface area (Å²) in [6.45, 7) is 6.26. The van der Waals surface area contributed by atoms with Gasteiger partial charge in [-0.1, -0.05) is 282 Å². The molecular formula is C66H110CaO14S2. The Morgan fingerprint density at radius 1 is 0.325 bits per heavy atom. The van der Waals surface area contributed by atoms with Gasteiger partial charge in [0.25, 0.3) is 0 Å². The van der Waals surface area contributed by atoms with Gasteiger partial charge >= 0.3 is 61.6 Å². The van der Waals surface area contributed by atoms with E-state index >= 15 is 0 Å². The van der Waals surface area contributed by atoms with Gasteiger partial charge in [-0.15, -0.1) is 0 Å². The zero-order valence-electron chi connectivity index (χ0n) is 52.1. The molecule has 0 fully saturated rings. The number of ether oxygens (including phenoxy) is 4. The number of carbonyl (C=O) groups is 4. The fourth-order valence-corrected chi connectivity index (χ4v) is 10.1. The van der Waals surface area contributed by atoms with E-state index in [1.165, 1.54) is 243 Å². The zero-order valence-corrected chi connectivity index (χ0v) is 56.0. The summed E-state index contributed by atoms with van der Waals surface area (Å²) in [7, 11) is -9.13. The Bertz CT molecular complexity index is 2020. The molecule has 0 bridgehead atoms. The second-order valence-corrected chi connectivity index (χ2v) is 26.2. The summed E-state index contributed by atoms with van der Waals surface area (Å²) in [5, 5.41) is -2.74. The normalized spacial score (nSPS) is 12.1. The number of hydrogen-bond acceptors (Lipinski definition) is 14. The average Bonchev–Trinajstić information content (AvgIpc) is 3.52. The summed E-state index contributed by atoms with van der Waals surface area (Å²) >= 11 is 0. The van der Waals surface area contributed by atoms with E-state index in [9.17, 15) is 45.1 Å². The molecule has 0 heterocycles. The van der Waals surface area contributed by atoms with E-state index in [4.69, 9.17) is 18.9 Å². The molecule has 2 unspecified atom stereocenters. The molecule has 2 rings (SSSR count). The minimum Gasteiger partial charge on any atom is -0.748 e. The van der Waals surface area contributed by atoms with Crippen LogP contribution in [0.4, 0.5) is 0 Å². The monoisotopic (exact) mass is 1230 g/mol. The SMILES string of the molecule is CCCCCCCCCCCCCCCCCCCCCCOC(=O)c1ccccc1C(=O)OCC(C)S(=O)(=O)[O-].CCCCCCCCCCCCCCCCCCCCCCOC(=O)c1ccccc1C(=O)OCC(C)S(=O)(=O)[O-].[Ca+2]. The smallest absolute Gasteiger partial charge is 0.748 e. The number of carbonyl (C=O) groups excluding carboxylic acids is 4. The van der Waals surface area contributed by atoms with Crippen molar-refractivity contribution in [1.29, 1.82) is 0 Å². The largest absolute Gasteiger partial charge is 2.00 e. The molecule has 2 atom stereocenters. The molecule has 0 amide bonds. The van der Waals surface area contributed by atoms with E-state index in [2.05, 4.69) is 13.8 Å². The van der Waals surface area contributed by atoms with Gasteiger partial charge in [0.15, 0.2) is 0 Å². The first-order valence-corrected chi connectivity index (χ1v) is 35.2. The first kappa shape index (κ1) is 80.4. The van der Waals surface area contributed by atoms with Crippen molar-refractivity contribution in [2.45, 2.75) is 295 Å². The minimum atomic E-state index is -4.56. The van der Waals surface area contributed by atoms with E-state index < -0.39 is 67.8 Å². The maximum atomic E-state index is 12.5. The van der Waals surface area contributed by atoms with Crippen LogP contribution in [0.25, 0.3) is 0 Å². The van der Waals surface area contributed by atoms with E-state index in [0.29, 0.717) is 0 Å². The van der Waals surface area contributed by atoms with Gasteiger partial charge in [-0.05, 0) is 51.0 Å². The van der Waals surface area contributed by atoms with Crippen molar-refractivity contribution in [3.63, 3.8) is 0 Å². The second-order valence-electron chi connectivity index (χ2n) is 22.6. The van der Waals surface area contributed by atoms with Crippen LogP contribution in [0.15, 0.2) is 48.5 Å². The maximum Gasteiger partial charge on any atom is 2.00 e. The third-order valence-electron chi connectivity index (χ3n) is 15.1.